The molecular formula is C16H22N2O3. The number of carbonyl (C=O) groups is 1. The predicted octanol–water partition coefficient (Wildman–Crippen LogP) is 3.11. The number of methoxy groups -OCH3 is 1. The molecule has 0 saturated carbocycles. The van der Waals surface area contributed by atoms with Gasteiger partial charge in [-0.1, -0.05) is 0 Å². The maximum Gasteiger partial charge on any atom is 0.410 e. The number of hydrogen-bond donors (Lipinski definition) is 0. The summed E-state index contributed by atoms with van der Waals surface area (Å²) in [6, 6.07) is 3.71. The highest BCUT2D eigenvalue weighted by Crippen LogP contribution is 2.24. The normalized spacial score (nSPS) is 17.1. The quantitative estimate of drug-likeness (QED) is 0.839. The Bertz CT molecular complexity index is 547. The highest BCUT2D eigenvalue weighted by molar-refractivity contribution is 5.70. The van der Waals surface area contributed by atoms with Crippen molar-refractivity contribution in [2.75, 3.05) is 20.2 Å². The van der Waals surface area contributed by atoms with Gasteiger partial charge in [0.05, 0.1) is 7.11 Å². The molecule has 0 unspecified atom stereocenters. The highest BCUT2D eigenvalue weighted by atomic mass is 16.6. The first kappa shape index (κ1) is 15.4. The topological polar surface area (TPSA) is 51.7 Å². The first-order valence-corrected chi connectivity index (χ1v) is 7.05. The Labute approximate surface area is 125 Å². The molecule has 1 aliphatic rings. The number of carbonyl (C=O) groups excluding carboxylic acids is 1. The molecule has 21 heavy (non-hydrogen) atoms. The fourth-order valence-corrected chi connectivity index (χ4v) is 2.16. The van der Waals surface area contributed by atoms with Crippen LogP contribution in [-0.4, -0.2) is 41.8 Å². The Kier molecular flexibility index (Phi) is 4.50. The lowest BCUT2D eigenvalue weighted by Crippen LogP contribution is -2.34. The van der Waals surface area contributed by atoms with Crippen molar-refractivity contribution < 1.29 is 14.3 Å². The molecule has 1 saturated heterocycles. The number of amides is 1. The van der Waals surface area contributed by atoms with Gasteiger partial charge in [-0.25, -0.2) is 4.79 Å². The summed E-state index contributed by atoms with van der Waals surface area (Å²) in [6.45, 7) is 6.87. The van der Waals surface area contributed by atoms with Crippen molar-refractivity contribution in [2.24, 2.45) is 0 Å². The van der Waals surface area contributed by atoms with Gasteiger partial charge in [-0.2, -0.15) is 0 Å². The Hall–Kier alpha value is -2.04. The fraction of sp³-hybridized carbons (Fsp3) is 0.500. The van der Waals surface area contributed by atoms with Gasteiger partial charge in [0.2, 0.25) is 0 Å². The second kappa shape index (κ2) is 6.16. The summed E-state index contributed by atoms with van der Waals surface area (Å²) in [7, 11) is 1.63. The number of aromatic nitrogens is 1. The van der Waals surface area contributed by atoms with Crippen LogP contribution in [0.5, 0.6) is 5.75 Å². The van der Waals surface area contributed by atoms with Crippen LogP contribution in [0.25, 0.3) is 6.08 Å². The van der Waals surface area contributed by atoms with Crippen molar-refractivity contribution in [3.8, 4) is 5.75 Å². The third-order valence-electron chi connectivity index (χ3n) is 3.11. The molecule has 2 rings (SSSR count). The largest absolute Gasteiger partial charge is 0.494 e. The third kappa shape index (κ3) is 4.21. The minimum atomic E-state index is -0.465. The van der Waals surface area contributed by atoms with Gasteiger partial charge in [-0.3, -0.25) is 4.98 Å². The van der Waals surface area contributed by atoms with E-state index in [0.29, 0.717) is 13.1 Å². The lowest BCUT2D eigenvalue weighted by atomic mass is 10.2. The molecule has 2 heterocycles. The standard InChI is InChI=1S/C16H22N2O3/c1-16(2,3)21-15(19)18-9-7-12(11-18)10-13-14(20-4)6-5-8-17-13/h5-6,8,10H,7,9,11H2,1-4H3/b12-10+. The minimum Gasteiger partial charge on any atom is -0.494 e. The van der Waals surface area contributed by atoms with Crippen LogP contribution in [0.3, 0.4) is 0 Å². The maximum atomic E-state index is 12.0. The molecule has 1 amide bonds. The Balaban J connectivity index is 2.05. The molecule has 0 atom stereocenters. The van der Waals surface area contributed by atoms with Gasteiger partial charge in [0.15, 0.2) is 0 Å². The molecule has 0 aromatic carbocycles. The zero-order valence-corrected chi connectivity index (χ0v) is 13.0. The van der Waals surface area contributed by atoms with Gasteiger partial charge in [0, 0.05) is 19.3 Å². The molecule has 0 spiro atoms. The second-order valence-electron chi connectivity index (χ2n) is 6.05. The third-order valence-corrected chi connectivity index (χ3v) is 3.11. The van der Waals surface area contributed by atoms with Crippen molar-refractivity contribution in [3.05, 3.63) is 29.6 Å². The van der Waals surface area contributed by atoms with Crippen LogP contribution < -0.4 is 4.74 Å². The Morgan fingerprint density at radius 1 is 1.43 bits per heavy atom. The van der Waals surface area contributed by atoms with Crippen LogP contribution >= 0.6 is 0 Å². The van der Waals surface area contributed by atoms with Crippen molar-refractivity contribution in [3.63, 3.8) is 0 Å². The van der Waals surface area contributed by atoms with E-state index in [1.54, 1.807) is 18.2 Å². The molecule has 1 aromatic rings. The molecule has 0 N–H and O–H groups in total. The second-order valence-corrected chi connectivity index (χ2v) is 6.05. The van der Waals surface area contributed by atoms with Gasteiger partial charge in [0.25, 0.3) is 0 Å². The lowest BCUT2D eigenvalue weighted by molar-refractivity contribution is 0.0299. The van der Waals surface area contributed by atoms with Gasteiger partial charge in [-0.15, -0.1) is 0 Å². The van der Waals surface area contributed by atoms with Gasteiger partial charge >= 0.3 is 6.09 Å². The number of rotatable bonds is 2. The molecular weight excluding hydrogens is 268 g/mol. The summed E-state index contributed by atoms with van der Waals surface area (Å²) >= 11 is 0. The summed E-state index contributed by atoms with van der Waals surface area (Å²) in [6.07, 6.45) is 4.29. The van der Waals surface area contributed by atoms with Crippen LogP contribution in [0.2, 0.25) is 0 Å². The summed E-state index contributed by atoms with van der Waals surface area (Å²) in [5.74, 6) is 0.737. The van der Waals surface area contributed by atoms with E-state index in [1.165, 1.54) is 0 Å². The van der Waals surface area contributed by atoms with Crippen LogP contribution in [0.4, 0.5) is 4.79 Å². The van der Waals surface area contributed by atoms with Crippen LogP contribution in [0.1, 0.15) is 32.9 Å². The van der Waals surface area contributed by atoms with E-state index in [-0.39, 0.29) is 6.09 Å². The molecule has 1 fully saturated rings. The first-order valence-electron chi connectivity index (χ1n) is 7.05. The molecule has 0 aliphatic carbocycles. The fourth-order valence-electron chi connectivity index (χ4n) is 2.16. The molecule has 114 valence electrons. The van der Waals surface area contributed by atoms with Crippen LogP contribution in [0, 0.1) is 0 Å². The number of hydrogen-bond acceptors (Lipinski definition) is 4. The van der Waals surface area contributed by atoms with Gasteiger partial charge < -0.3 is 14.4 Å². The molecule has 5 nitrogen and oxygen atoms in total. The van der Waals surface area contributed by atoms with E-state index in [9.17, 15) is 4.79 Å². The minimum absolute atomic E-state index is 0.265. The molecule has 0 bridgehead atoms. The summed E-state index contributed by atoms with van der Waals surface area (Å²) in [5, 5.41) is 0. The zero-order valence-electron chi connectivity index (χ0n) is 13.0. The van der Waals surface area contributed by atoms with E-state index in [2.05, 4.69) is 4.98 Å². The number of likely N-dealkylation sites (tertiary alicyclic amines) is 1. The van der Waals surface area contributed by atoms with E-state index in [4.69, 9.17) is 9.47 Å². The number of pyridine rings is 1. The summed E-state index contributed by atoms with van der Waals surface area (Å²) < 4.78 is 10.7. The molecule has 1 aliphatic heterocycles. The SMILES string of the molecule is COc1cccnc1/C=C1\CCN(C(=O)OC(C)(C)C)C1. The van der Waals surface area contributed by atoms with Crippen molar-refractivity contribution in [1.82, 2.24) is 9.88 Å². The van der Waals surface area contributed by atoms with Gasteiger partial charge in [-0.05, 0) is 51.0 Å². The molecule has 0 radical (unpaired) electrons. The number of nitrogens with zero attached hydrogens (tertiary/aromatic N) is 2. The number of ether oxygens (including phenoxy) is 2. The maximum absolute atomic E-state index is 12.0. The average molecular weight is 290 g/mol. The van der Waals surface area contributed by atoms with E-state index in [1.807, 2.05) is 39.0 Å². The van der Waals surface area contributed by atoms with Crippen molar-refractivity contribution >= 4 is 12.2 Å². The molecule has 1 aromatic heterocycles. The average Bonchev–Trinajstić information content (AvgIpc) is 2.86. The van der Waals surface area contributed by atoms with Crippen LogP contribution in [-0.2, 0) is 4.74 Å². The Morgan fingerprint density at radius 3 is 2.86 bits per heavy atom. The first-order chi connectivity index (χ1) is 9.89. The van der Waals surface area contributed by atoms with E-state index >= 15 is 0 Å². The predicted molar refractivity (Wildman–Crippen MR) is 81.2 cm³/mol. The van der Waals surface area contributed by atoms with Crippen molar-refractivity contribution in [2.45, 2.75) is 32.8 Å². The monoisotopic (exact) mass is 290 g/mol. The van der Waals surface area contributed by atoms with Crippen LogP contribution in [0.15, 0.2) is 23.9 Å². The highest BCUT2D eigenvalue weighted by Gasteiger charge is 2.26. The Morgan fingerprint density at radius 2 is 2.19 bits per heavy atom. The van der Waals surface area contributed by atoms with Crippen molar-refractivity contribution in [1.29, 1.82) is 0 Å². The summed E-state index contributed by atoms with van der Waals surface area (Å²) in [5.41, 5.74) is 1.48. The lowest BCUT2D eigenvalue weighted by Gasteiger charge is -2.23. The molecule has 5 heteroatoms. The zero-order chi connectivity index (χ0) is 15.5. The van der Waals surface area contributed by atoms with E-state index in [0.717, 1.165) is 23.4 Å². The van der Waals surface area contributed by atoms with E-state index < -0.39 is 5.60 Å². The summed E-state index contributed by atoms with van der Waals surface area (Å²) in [4.78, 5) is 18.0. The smallest absolute Gasteiger partial charge is 0.410 e. The van der Waals surface area contributed by atoms with Gasteiger partial charge in [0.1, 0.15) is 17.0 Å².